The third-order valence-corrected chi connectivity index (χ3v) is 3.18. The number of anilines is 1. The summed E-state index contributed by atoms with van der Waals surface area (Å²) in [5.74, 6) is 0.914. The molecule has 1 saturated heterocycles. The number of hydrogen-bond donors (Lipinski definition) is 0. The molecule has 0 amide bonds. The summed E-state index contributed by atoms with van der Waals surface area (Å²) < 4.78 is 0. The van der Waals surface area contributed by atoms with E-state index in [1.807, 2.05) is 13.8 Å². The summed E-state index contributed by atoms with van der Waals surface area (Å²) in [6, 6.07) is 8.89. The fourth-order valence-corrected chi connectivity index (χ4v) is 2.02. The van der Waals surface area contributed by atoms with Crippen LogP contribution in [0.2, 0.25) is 0 Å². The van der Waals surface area contributed by atoms with Gasteiger partial charge in [-0.2, -0.15) is 0 Å². The highest BCUT2D eigenvalue weighted by molar-refractivity contribution is 5.47. The molecule has 1 aromatic carbocycles. The van der Waals surface area contributed by atoms with Gasteiger partial charge in [0.05, 0.1) is 0 Å². The third-order valence-electron chi connectivity index (χ3n) is 3.18. The van der Waals surface area contributed by atoms with Gasteiger partial charge >= 0.3 is 0 Å². The smallest absolute Gasteiger partial charge is 0.0366 e. The topological polar surface area (TPSA) is 3.24 Å². The molecule has 1 nitrogen and oxygen atoms in total. The highest BCUT2D eigenvalue weighted by Crippen LogP contribution is 2.22. The van der Waals surface area contributed by atoms with Crippen LogP contribution in [0.5, 0.6) is 0 Å². The first-order chi connectivity index (χ1) is 7.75. The number of nitrogens with zero attached hydrogens (tertiary/aromatic N) is 1. The van der Waals surface area contributed by atoms with Gasteiger partial charge in [0.1, 0.15) is 0 Å². The minimum Gasteiger partial charge on any atom is -0.372 e. The van der Waals surface area contributed by atoms with Crippen molar-refractivity contribution >= 4 is 5.69 Å². The van der Waals surface area contributed by atoms with E-state index in [9.17, 15) is 0 Å². The van der Waals surface area contributed by atoms with E-state index >= 15 is 0 Å². The van der Waals surface area contributed by atoms with Crippen molar-refractivity contribution in [2.75, 3.05) is 18.0 Å². The summed E-state index contributed by atoms with van der Waals surface area (Å²) in [5.41, 5.74) is 2.74. The predicted octanol–water partition coefficient (Wildman–Crippen LogP) is 4.26. The van der Waals surface area contributed by atoms with Gasteiger partial charge in [0, 0.05) is 18.8 Å². The van der Waals surface area contributed by atoms with E-state index in [2.05, 4.69) is 43.0 Å². The SMILES string of the molecule is CC.Cc1ccc(N2CCC(C)CC2)cc1. The van der Waals surface area contributed by atoms with Crippen LogP contribution in [0.25, 0.3) is 0 Å². The Kier molecular flexibility index (Phi) is 5.37. The van der Waals surface area contributed by atoms with Crippen LogP contribution in [-0.4, -0.2) is 13.1 Å². The summed E-state index contributed by atoms with van der Waals surface area (Å²) in [7, 11) is 0. The molecule has 0 spiro atoms. The Bertz CT molecular complexity index is 281. The summed E-state index contributed by atoms with van der Waals surface area (Å²) in [4.78, 5) is 2.50. The molecule has 0 aliphatic carbocycles. The van der Waals surface area contributed by atoms with E-state index in [1.54, 1.807) is 0 Å². The fraction of sp³-hybridized carbons (Fsp3) is 0.600. The Hall–Kier alpha value is -0.980. The first-order valence-electron chi connectivity index (χ1n) is 6.57. The molecule has 0 unspecified atom stereocenters. The van der Waals surface area contributed by atoms with E-state index in [0.29, 0.717) is 0 Å². The van der Waals surface area contributed by atoms with Crippen LogP contribution in [0.1, 0.15) is 39.2 Å². The molecule has 0 radical (unpaired) electrons. The molecule has 1 aromatic rings. The van der Waals surface area contributed by atoms with Crippen molar-refractivity contribution in [3.8, 4) is 0 Å². The zero-order valence-electron chi connectivity index (χ0n) is 11.2. The van der Waals surface area contributed by atoms with Crippen LogP contribution < -0.4 is 4.90 Å². The molecule has 16 heavy (non-hydrogen) atoms. The molecule has 1 fully saturated rings. The van der Waals surface area contributed by atoms with Crippen LogP contribution in [0.15, 0.2) is 24.3 Å². The lowest BCUT2D eigenvalue weighted by Crippen LogP contribution is -2.32. The van der Waals surface area contributed by atoms with Crippen molar-refractivity contribution in [1.29, 1.82) is 0 Å². The minimum atomic E-state index is 0.914. The Labute approximate surface area is 100 Å². The summed E-state index contributed by atoms with van der Waals surface area (Å²) in [5, 5.41) is 0. The number of benzene rings is 1. The monoisotopic (exact) mass is 219 g/mol. The van der Waals surface area contributed by atoms with Crippen LogP contribution in [0, 0.1) is 12.8 Å². The molecular weight excluding hydrogens is 194 g/mol. The Morgan fingerprint density at radius 3 is 2.00 bits per heavy atom. The average Bonchev–Trinajstić information content (AvgIpc) is 2.34. The second-order valence-corrected chi connectivity index (χ2v) is 4.51. The van der Waals surface area contributed by atoms with Gasteiger partial charge in [0.15, 0.2) is 0 Å². The number of aryl methyl sites for hydroxylation is 1. The molecule has 0 bridgehead atoms. The largest absolute Gasteiger partial charge is 0.372 e. The molecular formula is C15H25N. The van der Waals surface area contributed by atoms with Gasteiger partial charge in [-0.15, -0.1) is 0 Å². The molecule has 1 heteroatoms. The van der Waals surface area contributed by atoms with Crippen LogP contribution in [0.4, 0.5) is 5.69 Å². The molecule has 0 N–H and O–H groups in total. The first-order valence-corrected chi connectivity index (χ1v) is 6.57. The van der Waals surface area contributed by atoms with Gasteiger partial charge in [-0.3, -0.25) is 0 Å². The second-order valence-electron chi connectivity index (χ2n) is 4.51. The normalized spacial score (nSPS) is 16.6. The van der Waals surface area contributed by atoms with E-state index in [0.717, 1.165) is 5.92 Å². The summed E-state index contributed by atoms with van der Waals surface area (Å²) in [6.45, 7) is 10.9. The maximum Gasteiger partial charge on any atom is 0.0366 e. The van der Waals surface area contributed by atoms with Crippen LogP contribution in [-0.2, 0) is 0 Å². The van der Waals surface area contributed by atoms with Gasteiger partial charge < -0.3 is 4.90 Å². The average molecular weight is 219 g/mol. The third kappa shape index (κ3) is 3.55. The van der Waals surface area contributed by atoms with Gasteiger partial charge in [-0.1, -0.05) is 38.5 Å². The maximum atomic E-state index is 2.50. The highest BCUT2D eigenvalue weighted by atomic mass is 15.1. The zero-order chi connectivity index (χ0) is 12.0. The van der Waals surface area contributed by atoms with Crippen LogP contribution in [0.3, 0.4) is 0 Å². The molecule has 1 aliphatic rings. The molecule has 0 saturated carbocycles. The van der Waals surface area contributed by atoms with Gasteiger partial charge in [-0.25, -0.2) is 0 Å². The lowest BCUT2D eigenvalue weighted by Gasteiger charge is -2.32. The van der Waals surface area contributed by atoms with Crippen molar-refractivity contribution in [2.24, 2.45) is 5.92 Å². The molecule has 0 aromatic heterocycles. The quantitative estimate of drug-likeness (QED) is 0.682. The summed E-state index contributed by atoms with van der Waals surface area (Å²) >= 11 is 0. The lowest BCUT2D eigenvalue weighted by molar-refractivity contribution is 0.438. The van der Waals surface area contributed by atoms with Gasteiger partial charge in [0.2, 0.25) is 0 Å². The maximum absolute atomic E-state index is 2.50. The first kappa shape index (κ1) is 13.1. The van der Waals surface area contributed by atoms with Gasteiger partial charge in [-0.05, 0) is 37.8 Å². The van der Waals surface area contributed by atoms with Gasteiger partial charge in [0.25, 0.3) is 0 Å². The molecule has 2 rings (SSSR count). The van der Waals surface area contributed by atoms with E-state index in [-0.39, 0.29) is 0 Å². The Morgan fingerprint density at radius 1 is 1.00 bits per heavy atom. The predicted molar refractivity (Wildman–Crippen MR) is 73.1 cm³/mol. The number of piperidine rings is 1. The number of rotatable bonds is 1. The summed E-state index contributed by atoms with van der Waals surface area (Å²) in [6.07, 6.45) is 2.68. The van der Waals surface area contributed by atoms with Crippen molar-refractivity contribution in [2.45, 2.75) is 40.5 Å². The Balaban J connectivity index is 0.000000606. The van der Waals surface area contributed by atoms with Crippen molar-refractivity contribution in [3.05, 3.63) is 29.8 Å². The van der Waals surface area contributed by atoms with Crippen molar-refractivity contribution in [3.63, 3.8) is 0 Å². The second kappa shape index (κ2) is 6.57. The highest BCUT2D eigenvalue weighted by Gasteiger charge is 2.15. The van der Waals surface area contributed by atoms with Crippen molar-refractivity contribution in [1.82, 2.24) is 0 Å². The van der Waals surface area contributed by atoms with E-state index in [1.165, 1.54) is 37.2 Å². The molecule has 90 valence electrons. The fourth-order valence-electron chi connectivity index (χ4n) is 2.02. The standard InChI is InChI=1S/C13H19N.C2H6/c1-11-3-5-13(6-4-11)14-9-7-12(2)8-10-14;1-2/h3-6,12H,7-10H2,1-2H3;1-2H3. The lowest BCUT2D eigenvalue weighted by atomic mass is 9.99. The van der Waals surface area contributed by atoms with Crippen molar-refractivity contribution < 1.29 is 0 Å². The zero-order valence-corrected chi connectivity index (χ0v) is 11.2. The number of hydrogen-bond acceptors (Lipinski definition) is 1. The Morgan fingerprint density at radius 2 is 1.50 bits per heavy atom. The van der Waals surface area contributed by atoms with E-state index in [4.69, 9.17) is 0 Å². The molecule has 0 atom stereocenters. The minimum absolute atomic E-state index is 0.914. The molecule has 1 heterocycles. The van der Waals surface area contributed by atoms with Crippen LogP contribution >= 0.6 is 0 Å². The molecule has 1 aliphatic heterocycles. The van der Waals surface area contributed by atoms with E-state index < -0.39 is 0 Å².